The number of carbonyl (C=O) groups is 3. The zero-order chi connectivity index (χ0) is 17.7. The number of para-hydroxylation sites is 1. The van der Waals surface area contributed by atoms with Crippen molar-refractivity contribution in [3.05, 3.63) is 29.8 Å². The van der Waals surface area contributed by atoms with Gasteiger partial charge < -0.3 is 14.9 Å². The van der Waals surface area contributed by atoms with E-state index in [0.29, 0.717) is 37.2 Å². The van der Waals surface area contributed by atoms with Crippen LogP contribution >= 0.6 is 0 Å². The summed E-state index contributed by atoms with van der Waals surface area (Å²) in [5.41, 5.74) is 1.35. The maximum Gasteiger partial charge on any atom is 0.312 e. The van der Waals surface area contributed by atoms with Gasteiger partial charge in [-0.15, -0.1) is 0 Å². The molecule has 1 atom stereocenters. The molecule has 0 saturated carbocycles. The van der Waals surface area contributed by atoms with Crippen molar-refractivity contribution in [1.29, 1.82) is 0 Å². The van der Waals surface area contributed by atoms with Gasteiger partial charge in [-0.2, -0.15) is 0 Å². The zero-order valence-electron chi connectivity index (χ0n) is 14.2. The number of carboxylic acids is 1. The number of anilines is 1. The van der Waals surface area contributed by atoms with Crippen molar-refractivity contribution in [2.75, 3.05) is 24.5 Å². The third kappa shape index (κ3) is 3.75. The second-order valence-electron chi connectivity index (χ2n) is 5.87. The van der Waals surface area contributed by atoms with Gasteiger partial charge in [0.15, 0.2) is 0 Å². The molecule has 2 rings (SSSR count). The number of carboxylic acid groups (broad SMARTS) is 1. The molecule has 0 fully saturated rings. The molecule has 24 heavy (non-hydrogen) atoms. The molecule has 0 bridgehead atoms. The van der Waals surface area contributed by atoms with Gasteiger partial charge in [0.05, 0.1) is 0 Å². The number of fused-ring (bicyclic) bond motifs is 1. The van der Waals surface area contributed by atoms with E-state index in [9.17, 15) is 19.5 Å². The van der Waals surface area contributed by atoms with E-state index in [-0.39, 0.29) is 24.8 Å². The molecule has 0 aliphatic carbocycles. The summed E-state index contributed by atoms with van der Waals surface area (Å²) in [6, 6.07) is 7.11. The Labute approximate surface area is 142 Å². The summed E-state index contributed by atoms with van der Waals surface area (Å²) < 4.78 is 0. The molecule has 0 aromatic heterocycles. The minimum atomic E-state index is -0.922. The van der Waals surface area contributed by atoms with Gasteiger partial charge in [-0.05, 0) is 31.9 Å². The van der Waals surface area contributed by atoms with Gasteiger partial charge in [-0.1, -0.05) is 18.2 Å². The van der Waals surface area contributed by atoms with Crippen LogP contribution < -0.4 is 4.90 Å². The van der Waals surface area contributed by atoms with Crippen molar-refractivity contribution in [2.45, 2.75) is 39.0 Å². The second-order valence-corrected chi connectivity index (χ2v) is 5.87. The zero-order valence-corrected chi connectivity index (χ0v) is 14.2. The molecule has 1 heterocycles. The molecule has 0 radical (unpaired) electrons. The van der Waals surface area contributed by atoms with Gasteiger partial charge in [0, 0.05) is 38.2 Å². The quantitative estimate of drug-likeness (QED) is 0.830. The van der Waals surface area contributed by atoms with Gasteiger partial charge in [-0.25, -0.2) is 0 Å². The number of hydrogen-bond donors (Lipinski definition) is 1. The Bertz CT molecular complexity index is 625. The van der Waals surface area contributed by atoms with Crippen molar-refractivity contribution >= 4 is 23.5 Å². The summed E-state index contributed by atoms with van der Waals surface area (Å²) in [4.78, 5) is 39.1. The van der Waals surface area contributed by atoms with Crippen LogP contribution in [0.15, 0.2) is 24.3 Å². The first-order valence-electron chi connectivity index (χ1n) is 8.39. The Morgan fingerprint density at radius 2 is 1.83 bits per heavy atom. The molecule has 1 aliphatic rings. The molecule has 1 aromatic carbocycles. The summed E-state index contributed by atoms with van der Waals surface area (Å²) in [5, 5.41) is 9.34. The maximum atomic E-state index is 12.5. The Kier molecular flexibility index (Phi) is 5.95. The molecule has 6 nitrogen and oxygen atoms in total. The molecule has 1 N–H and O–H groups in total. The van der Waals surface area contributed by atoms with Gasteiger partial charge in [0.2, 0.25) is 11.8 Å². The molecule has 130 valence electrons. The smallest absolute Gasteiger partial charge is 0.312 e. The minimum Gasteiger partial charge on any atom is -0.481 e. The number of carbonyl (C=O) groups excluding carboxylic acids is 2. The fourth-order valence-corrected chi connectivity index (χ4v) is 3.11. The van der Waals surface area contributed by atoms with Crippen LogP contribution in [-0.2, 0) is 14.4 Å². The molecule has 6 heteroatoms. The summed E-state index contributed by atoms with van der Waals surface area (Å²) in [5.74, 6) is -1.67. The average molecular weight is 332 g/mol. The van der Waals surface area contributed by atoms with Crippen molar-refractivity contribution in [3.8, 4) is 0 Å². The number of amides is 2. The first kappa shape index (κ1) is 18.0. The highest BCUT2D eigenvalue weighted by Crippen LogP contribution is 2.36. The highest BCUT2D eigenvalue weighted by molar-refractivity contribution is 5.99. The third-order valence-corrected chi connectivity index (χ3v) is 4.46. The lowest BCUT2D eigenvalue weighted by Crippen LogP contribution is -2.32. The second kappa shape index (κ2) is 7.95. The van der Waals surface area contributed by atoms with E-state index in [1.165, 1.54) is 4.90 Å². The van der Waals surface area contributed by atoms with E-state index >= 15 is 0 Å². The van der Waals surface area contributed by atoms with E-state index in [1.807, 2.05) is 13.8 Å². The number of nitrogens with zero attached hydrogens (tertiary/aromatic N) is 2. The summed E-state index contributed by atoms with van der Waals surface area (Å²) in [7, 11) is 0. The van der Waals surface area contributed by atoms with Crippen LogP contribution in [-0.4, -0.2) is 47.4 Å². The highest BCUT2D eigenvalue weighted by atomic mass is 16.4. The molecule has 0 spiro atoms. The predicted molar refractivity (Wildman–Crippen MR) is 91.0 cm³/mol. The van der Waals surface area contributed by atoms with Gasteiger partial charge >= 0.3 is 5.97 Å². The molecular formula is C18H24N2O4. The van der Waals surface area contributed by atoms with Gasteiger partial charge in [0.1, 0.15) is 5.92 Å². The van der Waals surface area contributed by atoms with Crippen LogP contribution in [0.25, 0.3) is 0 Å². The van der Waals surface area contributed by atoms with Crippen molar-refractivity contribution < 1.29 is 19.5 Å². The fraction of sp³-hybridized carbons (Fsp3) is 0.500. The van der Waals surface area contributed by atoms with Gasteiger partial charge in [0.25, 0.3) is 0 Å². The monoisotopic (exact) mass is 332 g/mol. The molecule has 0 saturated heterocycles. The Balaban J connectivity index is 1.96. The Morgan fingerprint density at radius 3 is 2.46 bits per heavy atom. The van der Waals surface area contributed by atoms with Crippen LogP contribution in [0.2, 0.25) is 0 Å². The standard InChI is InChI=1S/C18H24N2O4/c1-3-19(4-2)16(21)10-7-11-17(22)20-12-14(18(23)24)13-8-5-6-9-15(13)20/h5-6,8-9,14H,3-4,7,10-12H2,1-2H3,(H,23,24). The first-order valence-corrected chi connectivity index (χ1v) is 8.39. The lowest BCUT2D eigenvalue weighted by atomic mass is 10.0. The highest BCUT2D eigenvalue weighted by Gasteiger charge is 2.35. The number of hydrogen-bond acceptors (Lipinski definition) is 3. The summed E-state index contributed by atoms with van der Waals surface area (Å²) in [6.07, 6.45) is 1.06. The van der Waals surface area contributed by atoms with E-state index in [4.69, 9.17) is 0 Å². The van der Waals surface area contributed by atoms with E-state index < -0.39 is 11.9 Å². The van der Waals surface area contributed by atoms with Crippen LogP contribution in [0.1, 0.15) is 44.6 Å². The van der Waals surface area contributed by atoms with Gasteiger partial charge in [-0.3, -0.25) is 14.4 Å². The molecule has 1 unspecified atom stereocenters. The van der Waals surface area contributed by atoms with Crippen molar-refractivity contribution in [2.24, 2.45) is 0 Å². The minimum absolute atomic E-state index is 0.0537. The maximum absolute atomic E-state index is 12.5. The van der Waals surface area contributed by atoms with Crippen LogP contribution in [0, 0.1) is 0 Å². The number of benzene rings is 1. The predicted octanol–water partition coefficient (Wildman–Crippen LogP) is 2.24. The van der Waals surface area contributed by atoms with Crippen molar-refractivity contribution in [3.63, 3.8) is 0 Å². The number of rotatable bonds is 7. The molecule has 2 amide bonds. The van der Waals surface area contributed by atoms with E-state index in [0.717, 1.165) is 0 Å². The Morgan fingerprint density at radius 1 is 1.17 bits per heavy atom. The Hall–Kier alpha value is -2.37. The largest absolute Gasteiger partial charge is 0.481 e. The van der Waals surface area contributed by atoms with E-state index in [1.54, 1.807) is 29.2 Å². The van der Waals surface area contributed by atoms with Crippen LogP contribution in [0.5, 0.6) is 0 Å². The molecule has 1 aliphatic heterocycles. The average Bonchev–Trinajstić information content (AvgIpc) is 2.96. The molecule has 1 aromatic rings. The summed E-state index contributed by atoms with van der Waals surface area (Å²) >= 11 is 0. The first-order chi connectivity index (χ1) is 11.5. The van der Waals surface area contributed by atoms with Crippen LogP contribution in [0.3, 0.4) is 0 Å². The fourth-order valence-electron chi connectivity index (χ4n) is 3.11. The lowest BCUT2D eigenvalue weighted by molar-refractivity contribution is -0.138. The normalized spacial score (nSPS) is 15.9. The molecular weight excluding hydrogens is 308 g/mol. The van der Waals surface area contributed by atoms with Crippen LogP contribution in [0.4, 0.5) is 5.69 Å². The third-order valence-electron chi connectivity index (χ3n) is 4.46. The topological polar surface area (TPSA) is 77.9 Å². The SMILES string of the molecule is CCN(CC)C(=O)CCCC(=O)N1CC(C(=O)O)c2ccccc21. The lowest BCUT2D eigenvalue weighted by Gasteiger charge is -2.20. The van der Waals surface area contributed by atoms with E-state index in [2.05, 4.69) is 0 Å². The summed E-state index contributed by atoms with van der Waals surface area (Å²) in [6.45, 7) is 5.36. The number of aliphatic carboxylic acids is 1. The van der Waals surface area contributed by atoms with Crippen molar-refractivity contribution in [1.82, 2.24) is 4.90 Å².